The summed E-state index contributed by atoms with van der Waals surface area (Å²) in [6, 6.07) is 1.65. The molecule has 0 radical (unpaired) electrons. The van der Waals surface area contributed by atoms with Crippen molar-refractivity contribution >= 4 is 23.3 Å². The van der Waals surface area contributed by atoms with Crippen molar-refractivity contribution in [1.29, 1.82) is 0 Å². The SMILES string of the molecule is NC(=O)CCNC(=O)NCc1ccsc1. The molecule has 3 amide bonds. The molecule has 1 rings (SSSR count). The van der Waals surface area contributed by atoms with Gasteiger partial charge in [-0.1, -0.05) is 0 Å². The average molecular weight is 227 g/mol. The number of primary amides is 1. The molecule has 0 atom stereocenters. The lowest BCUT2D eigenvalue weighted by molar-refractivity contribution is -0.117. The number of hydrogen-bond donors (Lipinski definition) is 3. The molecule has 0 aliphatic heterocycles. The van der Waals surface area contributed by atoms with Crippen LogP contribution in [0.4, 0.5) is 4.79 Å². The predicted octanol–water partition coefficient (Wildman–Crippen LogP) is 0.423. The van der Waals surface area contributed by atoms with Crippen LogP contribution in [0.1, 0.15) is 12.0 Å². The first-order valence-corrected chi connectivity index (χ1v) is 5.44. The first-order valence-electron chi connectivity index (χ1n) is 4.49. The summed E-state index contributed by atoms with van der Waals surface area (Å²) in [5.41, 5.74) is 5.98. The van der Waals surface area contributed by atoms with Crippen molar-refractivity contribution in [2.45, 2.75) is 13.0 Å². The van der Waals surface area contributed by atoms with Crippen LogP contribution in [0.5, 0.6) is 0 Å². The summed E-state index contributed by atoms with van der Waals surface area (Å²) in [6.45, 7) is 0.761. The van der Waals surface area contributed by atoms with E-state index < -0.39 is 5.91 Å². The Morgan fingerprint density at radius 2 is 2.20 bits per heavy atom. The molecule has 0 aromatic carbocycles. The number of nitrogens with one attached hydrogen (secondary N) is 2. The van der Waals surface area contributed by atoms with Crippen LogP contribution < -0.4 is 16.4 Å². The zero-order valence-corrected chi connectivity index (χ0v) is 8.97. The van der Waals surface area contributed by atoms with Gasteiger partial charge in [-0.15, -0.1) is 0 Å². The molecule has 4 N–H and O–H groups in total. The number of amides is 3. The van der Waals surface area contributed by atoms with E-state index in [2.05, 4.69) is 10.6 Å². The second-order valence-corrected chi connectivity index (χ2v) is 3.74. The van der Waals surface area contributed by atoms with Crippen LogP contribution in [0.15, 0.2) is 16.8 Å². The maximum Gasteiger partial charge on any atom is 0.315 e. The largest absolute Gasteiger partial charge is 0.370 e. The highest BCUT2D eigenvalue weighted by atomic mass is 32.1. The number of urea groups is 1. The molecule has 0 unspecified atom stereocenters. The molecule has 0 bridgehead atoms. The van der Waals surface area contributed by atoms with Gasteiger partial charge in [-0.05, 0) is 22.4 Å². The van der Waals surface area contributed by atoms with Crippen LogP contribution in [0, 0.1) is 0 Å². The van der Waals surface area contributed by atoms with Gasteiger partial charge in [0.25, 0.3) is 0 Å². The van der Waals surface area contributed by atoms with Crippen LogP contribution >= 0.6 is 11.3 Å². The zero-order chi connectivity index (χ0) is 11.1. The van der Waals surface area contributed by atoms with Gasteiger partial charge in [0.15, 0.2) is 0 Å². The molecule has 15 heavy (non-hydrogen) atoms. The van der Waals surface area contributed by atoms with Crippen LogP contribution in [-0.4, -0.2) is 18.5 Å². The van der Waals surface area contributed by atoms with E-state index in [4.69, 9.17) is 5.73 Å². The Kier molecular flexibility index (Phi) is 4.62. The van der Waals surface area contributed by atoms with E-state index in [0.29, 0.717) is 6.54 Å². The molecule has 0 fully saturated rings. The highest BCUT2D eigenvalue weighted by Gasteiger charge is 2.00. The molecule has 0 saturated heterocycles. The molecule has 0 aliphatic carbocycles. The second-order valence-electron chi connectivity index (χ2n) is 2.96. The molecule has 0 saturated carbocycles. The van der Waals surface area contributed by atoms with Crippen molar-refractivity contribution < 1.29 is 9.59 Å². The van der Waals surface area contributed by atoms with E-state index >= 15 is 0 Å². The summed E-state index contributed by atoms with van der Waals surface area (Å²) in [5.74, 6) is -0.423. The Bertz CT molecular complexity index is 324. The summed E-state index contributed by atoms with van der Waals surface area (Å²) in [4.78, 5) is 21.5. The third-order valence-corrected chi connectivity index (χ3v) is 2.42. The smallest absolute Gasteiger partial charge is 0.315 e. The van der Waals surface area contributed by atoms with Gasteiger partial charge in [0.05, 0.1) is 0 Å². The fraction of sp³-hybridized carbons (Fsp3) is 0.333. The van der Waals surface area contributed by atoms with Crippen molar-refractivity contribution in [3.8, 4) is 0 Å². The molecule has 5 nitrogen and oxygen atoms in total. The standard InChI is InChI=1S/C9H13N3O2S/c10-8(13)1-3-11-9(14)12-5-7-2-4-15-6-7/h2,4,6H,1,3,5H2,(H2,10,13)(H2,11,12,14). The number of nitrogens with two attached hydrogens (primary N) is 1. The van der Waals surface area contributed by atoms with Crippen LogP contribution in [0.25, 0.3) is 0 Å². The predicted molar refractivity (Wildman–Crippen MR) is 58.4 cm³/mol. The number of thiophene rings is 1. The maximum atomic E-state index is 11.1. The Labute approximate surface area is 91.7 Å². The Morgan fingerprint density at radius 3 is 2.80 bits per heavy atom. The zero-order valence-electron chi connectivity index (χ0n) is 8.16. The minimum atomic E-state index is -0.423. The monoisotopic (exact) mass is 227 g/mol. The maximum absolute atomic E-state index is 11.1. The van der Waals surface area contributed by atoms with Crippen LogP contribution in [0.3, 0.4) is 0 Å². The van der Waals surface area contributed by atoms with Gasteiger partial charge in [0, 0.05) is 19.5 Å². The highest BCUT2D eigenvalue weighted by Crippen LogP contribution is 2.04. The third-order valence-electron chi connectivity index (χ3n) is 1.69. The molecule has 82 valence electrons. The van der Waals surface area contributed by atoms with Crippen LogP contribution in [-0.2, 0) is 11.3 Å². The molecule has 0 spiro atoms. The van der Waals surface area contributed by atoms with Crippen molar-refractivity contribution in [2.75, 3.05) is 6.54 Å². The van der Waals surface area contributed by atoms with Gasteiger partial charge < -0.3 is 16.4 Å². The average Bonchev–Trinajstić information content (AvgIpc) is 2.66. The van der Waals surface area contributed by atoms with Gasteiger partial charge in [-0.2, -0.15) is 11.3 Å². The van der Waals surface area contributed by atoms with Gasteiger partial charge in [0.2, 0.25) is 5.91 Å². The summed E-state index contributed by atoms with van der Waals surface area (Å²) in [5, 5.41) is 9.10. The second kappa shape index (κ2) is 6.02. The minimum absolute atomic E-state index is 0.159. The first kappa shape index (κ1) is 11.5. The lowest BCUT2D eigenvalue weighted by Gasteiger charge is -2.05. The summed E-state index contributed by atoms with van der Waals surface area (Å²) in [6.07, 6.45) is 0.159. The quantitative estimate of drug-likeness (QED) is 0.681. The molecule has 0 aliphatic rings. The van der Waals surface area contributed by atoms with Gasteiger partial charge >= 0.3 is 6.03 Å². The fourth-order valence-corrected chi connectivity index (χ4v) is 1.61. The number of hydrogen-bond acceptors (Lipinski definition) is 3. The van der Waals surface area contributed by atoms with Crippen molar-refractivity contribution in [3.63, 3.8) is 0 Å². The van der Waals surface area contributed by atoms with Gasteiger partial charge in [-0.25, -0.2) is 4.79 Å². The highest BCUT2D eigenvalue weighted by molar-refractivity contribution is 7.07. The third kappa shape index (κ3) is 5.02. The number of rotatable bonds is 5. The molecule has 1 aromatic heterocycles. The summed E-state index contributed by atoms with van der Waals surface area (Å²) >= 11 is 1.58. The first-order chi connectivity index (χ1) is 7.18. The van der Waals surface area contributed by atoms with Crippen molar-refractivity contribution in [2.24, 2.45) is 5.73 Å². The van der Waals surface area contributed by atoms with E-state index in [1.807, 2.05) is 16.8 Å². The topological polar surface area (TPSA) is 84.2 Å². The van der Waals surface area contributed by atoms with Gasteiger partial charge in [0.1, 0.15) is 0 Å². The van der Waals surface area contributed by atoms with Gasteiger partial charge in [-0.3, -0.25) is 4.79 Å². The Morgan fingerprint density at radius 1 is 1.40 bits per heavy atom. The molecular formula is C9H13N3O2S. The van der Waals surface area contributed by atoms with Crippen molar-refractivity contribution in [1.82, 2.24) is 10.6 Å². The summed E-state index contributed by atoms with van der Waals surface area (Å²) < 4.78 is 0. The number of carbonyl (C=O) groups is 2. The molecular weight excluding hydrogens is 214 g/mol. The number of carbonyl (C=O) groups excluding carboxylic acids is 2. The van der Waals surface area contributed by atoms with E-state index in [-0.39, 0.29) is 19.0 Å². The molecule has 1 aromatic rings. The molecule has 6 heteroatoms. The van der Waals surface area contributed by atoms with E-state index in [1.165, 1.54) is 0 Å². The normalized spacial score (nSPS) is 9.60. The van der Waals surface area contributed by atoms with E-state index in [0.717, 1.165) is 5.56 Å². The summed E-state index contributed by atoms with van der Waals surface area (Å²) in [7, 11) is 0. The van der Waals surface area contributed by atoms with E-state index in [9.17, 15) is 9.59 Å². The lowest BCUT2D eigenvalue weighted by atomic mass is 10.3. The minimum Gasteiger partial charge on any atom is -0.370 e. The Balaban J connectivity index is 2.11. The van der Waals surface area contributed by atoms with E-state index in [1.54, 1.807) is 11.3 Å². The molecule has 1 heterocycles. The Hall–Kier alpha value is -1.56. The fourth-order valence-electron chi connectivity index (χ4n) is 0.937. The van der Waals surface area contributed by atoms with Crippen molar-refractivity contribution in [3.05, 3.63) is 22.4 Å². The lowest BCUT2D eigenvalue weighted by Crippen LogP contribution is -2.36. The van der Waals surface area contributed by atoms with Crippen LogP contribution in [0.2, 0.25) is 0 Å².